The first-order valence-electron chi connectivity index (χ1n) is 8.28. The second-order valence-electron chi connectivity index (χ2n) is 7.24. The van der Waals surface area contributed by atoms with Crippen LogP contribution in [0.15, 0.2) is 12.1 Å². The Kier molecular flexibility index (Phi) is 5.26. The molecule has 1 saturated carbocycles. The summed E-state index contributed by atoms with van der Waals surface area (Å²) in [6.45, 7) is 7.00. The molecule has 1 aliphatic carbocycles. The van der Waals surface area contributed by atoms with Crippen LogP contribution >= 0.6 is 0 Å². The van der Waals surface area contributed by atoms with E-state index in [0.717, 1.165) is 29.9 Å². The SMILES string of the molecule is CCCc1cc(CO)cc(N(C)C2CCC(C)(C)CC2)n1. The number of aromatic nitrogens is 1. The molecule has 0 bridgehead atoms. The van der Waals surface area contributed by atoms with Crippen molar-refractivity contribution in [2.75, 3.05) is 11.9 Å². The van der Waals surface area contributed by atoms with Gasteiger partial charge >= 0.3 is 0 Å². The van der Waals surface area contributed by atoms with Crippen molar-refractivity contribution < 1.29 is 5.11 Å². The molecule has 21 heavy (non-hydrogen) atoms. The van der Waals surface area contributed by atoms with Gasteiger partial charge in [0.15, 0.2) is 0 Å². The molecule has 3 nitrogen and oxygen atoms in total. The average Bonchev–Trinajstić information content (AvgIpc) is 2.46. The number of aliphatic hydroxyl groups is 1. The predicted octanol–water partition coefficient (Wildman–Crippen LogP) is 3.93. The molecule has 1 fully saturated rings. The Morgan fingerprint density at radius 1 is 1.29 bits per heavy atom. The minimum absolute atomic E-state index is 0.0950. The van der Waals surface area contributed by atoms with Crippen LogP contribution < -0.4 is 4.90 Å². The highest BCUT2D eigenvalue weighted by Crippen LogP contribution is 2.37. The lowest BCUT2D eigenvalue weighted by molar-refractivity contribution is 0.222. The highest BCUT2D eigenvalue weighted by atomic mass is 16.3. The van der Waals surface area contributed by atoms with Crippen molar-refractivity contribution >= 4 is 5.82 Å². The third-order valence-electron chi connectivity index (χ3n) is 4.83. The van der Waals surface area contributed by atoms with Crippen LogP contribution in [0.1, 0.15) is 64.1 Å². The van der Waals surface area contributed by atoms with Crippen molar-refractivity contribution in [3.63, 3.8) is 0 Å². The van der Waals surface area contributed by atoms with Crippen molar-refractivity contribution in [2.24, 2.45) is 5.41 Å². The molecule has 0 saturated heterocycles. The van der Waals surface area contributed by atoms with E-state index in [4.69, 9.17) is 4.98 Å². The molecule has 1 aromatic rings. The summed E-state index contributed by atoms with van der Waals surface area (Å²) < 4.78 is 0. The lowest BCUT2D eigenvalue weighted by atomic mass is 9.75. The van der Waals surface area contributed by atoms with E-state index in [1.807, 2.05) is 12.1 Å². The molecule has 0 atom stereocenters. The molecule has 1 aromatic heterocycles. The number of anilines is 1. The Hall–Kier alpha value is -1.09. The van der Waals surface area contributed by atoms with Crippen LogP contribution in [-0.2, 0) is 13.0 Å². The summed E-state index contributed by atoms with van der Waals surface area (Å²) in [5.74, 6) is 1.02. The molecule has 2 rings (SSSR count). The van der Waals surface area contributed by atoms with Crippen molar-refractivity contribution in [3.8, 4) is 0 Å². The Balaban J connectivity index is 2.14. The smallest absolute Gasteiger partial charge is 0.129 e. The van der Waals surface area contributed by atoms with Gasteiger partial charge in [-0.05, 0) is 55.2 Å². The van der Waals surface area contributed by atoms with Gasteiger partial charge in [0.25, 0.3) is 0 Å². The Bertz CT molecular complexity index is 460. The number of aliphatic hydroxyl groups excluding tert-OH is 1. The molecule has 0 aliphatic heterocycles. The van der Waals surface area contributed by atoms with Crippen LogP contribution in [0.25, 0.3) is 0 Å². The van der Waals surface area contributed by atoms with Gasteiger partial charge in [0.2, 0.25) is 0 Å². The van der Waals surface area contributed by atoms with E-state index in [2.05, 4.69) is 32.7 Å². The van der Waals surface area contributed by atoms with Gasteiger partial charge in [-0.3, -0.25) is 0 Å². The zero-order valence-corrected chi connectivity index (χ0v) is 14.0. The van der Waals surface area contributed by atoms with Crippen LogP contribution in [0, 0.1) is 5.41 Å². The summed E-state index contributed by atoms with van der Waals surface area (Å²) in [6.07, 6.45) is 7.09. The predicted molar refractivity (Wildman–Crippen MR) is 88.6 cm³/mol. The fraction of sp³-hybridized carbons (Fsp3) is 0.722. The van der Waals surface area contributed by atoms with Gasteiger partial charge in [-0.25, -0.2) is 4.98 Å². The highest BCUT2D eigenvalue weighted by Gasteiger charge is 2.29. The van der Waals surface area contributed by atoms with Gasteiger partial charge in [-0.1, -0.05) is 27.2 Å². The van der Waals surface area contributed by atoms with Crippen molar-refractivity contribution in [1.82, 2.24) is 4.98 Å². The Labute approximate surface area is 129 Å². The molecule has 0 amide bonds. The Morgan fingerprint density at radius 2 is 1.95 bits per heavy atom. The van der Waals surface area contributed by atoms with E-state index in [0.29, 0.717) is 11.5 Å². The van der Waals surface area contributed by atoms with Gasteiger partial charge in [0.1, 0.15) is 5.82 Å². The second kappa shape index (κ2) is 6.78. The molecule has 0 spiro atoms. The largest absolute Gasteiger partial charge is 0.392 e. The summed E-state index contributed by atoms with van der Waals surface area (Å²) >= 11 is 0. The minimum atomic E-state index is 0.0950. The number of hydrogen-bond donors (Lipinski definition) is 1. The van der Waals surface area contributed by atoms with Gasteiger partial charge in [0, 0.05) is 18.8 Å². The molecular formula is C18H30N2O. The molecule has 0 unspecified atom stereocenters. The minimum Gasteiger partial charge on any atom is -0.392 e. The van der Waals surface area contributed by atoms with Crippen molar-refractivity contribution in [3.05, 3.63) is 23.4 Å². The average molecular weight is 290 g/mol. The zero-order valence-electron chi connectivity index (χ0n) is 14.0. The summed E-state index contributed by atoms with van der Waals surface area (Å²) in [6, 6.07) is 4.65. The standard InChI is InChI=1S/C18H30N2O/c1-5-6-15-11-14(13-21)12-17(19-15)20(4)16-7-9-18(2,3)10-8-16/h11-12,16,21H,5-10,13H2,1-4H3. The van der Waals surface area contributed by atoms with E-state index < -0.39 is 0 Å². The lowest BCUT2D eigenvalue weighted by Crippen LogP contribution is -2.37. The topological polar surface area (TPSA) is 36.4 Å². The highest BCUT2D eigenvalue weighted by molar-refractivity contribution is 5.43. The fourth-order valence-corrected chi connectivity index (χ4v) is 3.25. The fourth-order valence-electron chi connectivity index (χ4n) is 3.25. The lowest BCUT2D eigenvalue weighted by Gasteiger charge is -2.39. The summed E-state index contributed by atoms with van der Waals surface area (Å²) in [4.78, 5) is 7.12. The molecule has 1 N–H and O–H groups in total. The van der Waals surface area contributed by atoms with Crippen LogP contribution in [0.4, 0.5) is 5.82 Å². The molecular weight excluding hydrogens is 260 g/mol. The Morgan fingerprint density at radius 3 is 2.52 bits per heavy atom. The first kappa shape index (κ1) is 16.3. The van der Waals surface area contributed by atoms with Gasteiger partial charge < -0.3 is 10.0 Å². The molecule has 1 heterocycles. The molecule has 118 valence electrons. The van der Waals surface area contributed by atoms with E-state index in [9.17, 15) is 5.11 Å². The van der Waals surface area contributed by atoms with Crippen LogP contribution in [-0.4, -0.2) is 23.2 Å². The van der Waals surface area contributed by atoms with Gasteiger partial charge in [0.05, 0.1) is 6.61 Å². The monoisotopic (exact) mass is 290 g/mol. The zero-order chi connectivity index (χ0) is 15.5. The summed E-state index contributed by atoms with van der Waals surface area (Å²) in [5, 5.41) is 9.47. The first-order valence-corrected chi connectivity index (χ1v) is 8.28. The quantitative estimate of drug-likeness (QED) is 0.892. The number of pyridine rings is 1. The third kappa shape index (κ3) is 4.19. The first-order chi connectivity index (χ1) is 9.95. The van der Waals surface area contributed by atoms with E-state index >= 15 is 0 Å². The molecule has 0 radical (unpaired) electrons. The summed E-state index contributed by atoms with van der Waals surface area (Å²) in [5.41, 5.74) is 2.57. The van der Waals surface area contributed by atoms with Gasteiger partial charge in [-0.2, -0.15) is 0 Å². The van der Waals surface area contributed by atoms with Crippen molar-refractivity contribution in [2.45, 2.75) is 71.9 Å². The third-order valence-corrected chi connectivity index (χ3v) is 4.83. The maximum Gasteiger partial charge on any atom is 0.129 e. The maximum absolute atomic E-state index is 9.47. The van der Waals surface area contributed by atoms with Crippen molar-refractivity contribution in [1.29, 1.82) is 0 Å². The summed E-state index contributed by atoms with van der Waals surface area (Å²) in [7, 11) is 2.15. The number of hydrogen-bond acceptors (Lipinski definition) is 3. The molecule has 3 heteroatoms. The van der Waals surface area contributed by atoms with Crippen LogP contribution in [0.3, 0.4) is 0 Å². The number of rotatable bonds is 5. The van der Waals surface area contributed by atoms with Crippen LogP contribution in [0.2, 0.25) is 0 Å². The van der Waals surface area contributed by atoms with E-state index in [1.165, 1.54) is 25.7 Å². The molecule has 0 aromatic carbocycles. The number of aryl methyl sites for hydroxylation is 1. The van der Waals surface area contributed by atoms with Gasteiger partial charge in [-0.15, -0.1) is 0 Å². The molecule has 1 aliphatic rings. The van der Waals surface area contributed by atoms with Crippen LogP contribution in [0.5, 0.6) is 0 Å². The van der Waals surface area contributed by atoms with E-state index in [1.54, 1.807) is 0 Å². The second-order valence-corrected chi connectivity index (χ2v) is 7.24. The number of nitrogens with zero attached hydrogens (tertiary/aromatic N) is 2. The van der Waals surface area contributed by atoms with E-state index in [-0.39, 0.29) is 6.61 Å². The maximum atomic E-state index is 9.47. The normalized spacial score (nSPS) is 18.7.